The molecule has 0 saturated heterocycles. The molecule has 3 aromatic heterocycles. The van der Waals surface area contributed by atoms with E-state index < -0.39 is 0 Å². The van der Waals surface area contributed by atoms with Gasteiger partial charge in [0.05, 0.1) is 33.3 Å². The fourth-order valence-electron chi connectivity index (χ4n) is 11.6. The number of allylic oxidation sites excluding steroid dienone is 4. The van der Waals surface area contributed by atoms with Crippen molar-refractivity contribution < 1.29 is 0 Å². The Morgan fingerprint density at radius 2 is 0.939 bits per heavy atom. The summed E-state index contributed by atoms with van der Waals surface area (Å²) in [6.07, 6.45) is 9.02. The molecule has 4 nitrogen and oxygen atoms in total. The molecule has 0 spiro atoms. The van der Waals surface area contributed by atoms with Gasteiger partial charge in [0.25, 0.3) is 0 Å². The van der Waals surface area contributed by atoms with Crippen LogP contribution < -0.4 is 0 Å². The third-order valence-electron chi connectivity index (χ3n) is 14.4. The molecule has 0 N–H and O–H groups in total. The minimum Gasteiger partial charge on any atom is -0.309 e. The third-order valence-corrected chi connectivity index (χ3v) is 14.4. The Kier molecular flexibility index (Phi) is 7.30. The first-order chi connectivity index (χ1) is 32.7. The number of aromatic nitrogens is 4. The summed E-state index contributed by atoms with van der Waals surface area (Å²) in [4.78, 5) is 10.9. The molecule has 66 heavy (non-hydrogen) atoms. The zero-order chi connectivity index (χ0) is 43.0. The molecule has 14 aromatic rings. The first-order valence-corrected chi connectivity index (χ1v) is 23.0. The number of para-hydroxylation sites is 3. The van der Waals surface area contributed by atoms with Gasteiger partial charge in [-0.2, -0.15) is 0 Å². The Morgan fingerprint density at radius 3 is 1.64 bits per heavy atom. The van der Waals surface area contributed by atoms with Crippen LogP contribution in [0.25, 0.3) is 137 Å². The van der Waals surface area contributed by atoms with E-state index in [9.17, 15) is 0 Å². The minimum absolute atomic E-state index is 0.660. The largest absolute Gasteiger partial charge is 0.309 e. The number of hydrogen-bond acceptors (Lipinski definition) is 2. The van der Waals surface area contributed by atoms with Gasteiger partial charge in [-0.05, 0) is 120 Å². The molecule has 0 amide bonds. The first-order valence-electron chi connectivity index (χ1n) is 23.0. The average molecular weight is 839 g/mol. The number of hydrogen-bond donors (Lipinski definition) is 0. The molecule has 0 saturated carbocycles. The second kappa shape index (κ2) is 13.5. The standard InChI is InChI=1S/C62H38N4/c1-2-14-37(15-3-1)39-28-30-40(31-29-39)61-45-18-6-9-25-52(45)63-62(64-61)66-54-27-11-8-20-47(54)60-49-24-13-22-44-43-21-12-23-48-57(43)50(51(58(44)49)36-56(60)66)35-55-59(48)46-19-7-10-26-53(46)65(55)42-33-32-38-16-4-5-17-41(38)34-42/h2,4-36H,1,3H2. The third kappa shape index (κ3) is 4.93. The summed E-state index contributed by atoms with van der Waals surface area (Å²) >= 11 is 0. The molecule has 0 radical (unpaired) electrons. The topological polar surface area (TPSA) is 35.6 Å². The highest BCUT2D eigenvalue weighted by Crippen LogP contribution is 2.49. The van der Waals surface area contributed by atoms with Crippen LogP contribution in [0, 0.1) is 0 Å². The van der Waals surface area contributed by atoms with Crippen molar-refractivity contribution in [3.8, 4) is 22.9 Å². The number of rotatable bonds is 4. The van der Waals surface area contributed by atoms with Crippen molar-refractivity contribution in [2.24, 2.45) is 0 Å². The predicted molar refractivity (Wildman–Crippen MR) is 279 cm³/mol. The maximum Gasteiger partial charge on any atom is 0.235 e. The van der Waals surface area contributed by atoms with Crippen LogP contribution >= 0.6 is 0 Å². The van der Waals surface area contributed by atoms with Gasteiger partial charge < -0.3 is 4.57 Å². The van der Waals surface area contributed by atoms with Gasteiger partial charge in [-0.15, -0.1) is 0 Å². The molecule has 15 rings (SSSR count). The second-order valence-corrected chi connectivity index (χ2v) is 17.9. The Bertz CT molecular complexity index is 4450. The van der Waals surface area contributed by atoms with Crippen LogP contribution in [0.15, 0.2) is 206 Å². The zero-order valence-corrected chi connectivity index (χ0v) is 35.8. The summed E-state index contributed by atoms with van der Waals surface area (Å²) in [5, 5.41) is 18.5. The van der Waals surface area contributed by atoms with Gasteiger partial charge in [0.15, 0.2) is 0 Å². The average Bonchev–Trinajstić information content (AvgIpc) is 3.90. The van der Waals surface area contributed by atoms with E-state index in [1.54, 1.807) is 0 Å². The molecule has 0 fully saturated rings. The van der Waals surface area contributed by atoms with Crippen molar-refractivity contribution in [3.63, 3.8) is 0 Å². The minimum atomic E-state index is 0.660. The molecule has 3 heterocycles. The van der Waals surface area contributed by atoms with Crippen molar-refractivity contribution in [1.29, 1.82) is 0 Å². The molecule has 0 bridgehead atoms. The number of benzene rings is 11. The Labute approximate surface area is 378 Å². The van der Waals surface area contributed by atoms with Crippen LogP contribution in [-0.2, 0) is 0 Å². The molecule has 306 valence electrons. The molecule has 0 aliphatic heterocycles. The summed E-state index contributed by atoms with van der Waals surface area (Å²) in [7, 11) is 0. The molecule has 1 aliphatic carbocycles. The van der Waals surface area contributed by atoms with Crippen LogP contribution in [0.3, 0.4) is 0 Å². The van der Waals surface area contributed by atoms with E-state index in [0.717, 1.165) is 51.7 Å². The first kappa shape index (κ1) is 35.8. The van der Waals surface area contributed by atoms with Gasteiger partial charge in [0, 0.05) is 38.2 Å². The molecule has 11 aromatic carbocycles. The summed E-state index contributed by atoms with van der Waals surface area (Å²) in [6.45, 7) is 0. The van der Waals surface area contributed by atoms with Crippen molar-refractivity contribution in [2.75, 3.05) is 0 Å². The van der Waals surface area contributed by atoms with Crippen molar-refractivity contribution in [3.05, 3.63) is 212 Å². The maximum absolute atomic E-state index is 5.55. The highest BCUT2D eigenvalue weighted by atomic mass is 15.2. The molecular formula is C62H38N4. The van der Waals surface area contributed by atoms with Crippen LogP contribution in [0.5, 0.6) is 0 Å². The van der Waals surface area contributed by atoms with Crippen LogP contribution in [0.2, 0.25) is 0 Å². The molecule has 4 heteroatoms. The Morgan fingerprint density at radius 1 is 0.364 bits per heavy atom. The summed E-state index contributed by atoms with van der Waals surface area (Å²) < 4.78 is 4.80. The zero-order valence-electron chi connectivity index (χ0n) is 35.8. The Hall–Kier alpha value is -8.60. The molecule has 0 atom stereocenters. The highest BCUT2D eigenvalue weighted by Gasteiger charge is 2.24. The number of nitrogens with zero attached hydrogens (tertiary/aromatic N) is 4. The van der Waals surface area contributed by atoms with Gasteiger partial charge in [-0.25, -0.2) is 9.97 Å². The van der Waals surface area contributed by atoms with Gasteiger partial charge in [0.1, 0.15) is 0 Å². The fraction of sp³-hybridized carbons (Fsp3) is 0.0323. The second-order valence-electron chi connectivity index (χ2n) is 17.9. The van der Waals surface area contributed by atoms with Crippen LogP contribution in [0.4, 0.5) is 0 Å². The lowest BCUT2D eigenvalue weighted by molar-refractivity contribution is 1.01. The quantitative estimate of drug-likeness (QED) is 0.131. The van der Waals surface area contributed by atoms with Gasteiger partial charge in [-0.3, -0.25) is 4.57 Å². The molecule has 1 aliphatic rings. The van der Waals surface area contributed by atoms with E-state index in [2.05, 4.69) is 215 Å². The maximum atomic E-state index is 5.55. The van der Waals surface area contributed by atoms with E-state index in [1.165, 1.54) is 97.6 Å². The lowest BCUT2D eigenvalue weighted by Crippen LogP contribution is -2.03. The fourth-order valence-corrected chi connectivity index (χ4v) is 11.6. The van der Waals surface area contributed by atoms with E-state index in [4.69, 9.17) is 9.97 Å². The van der Waals surface area contributed by atoms with Gasteiger partial charge >= 0.3 is 0 Å². The Balaban J connectivity index is 1.06. The van der Waals surface area contributed by atoms with E-state index in [0.29, 0.717) is 5.95 Å². The summed E-state index contributed by atoms with van der Waals surface area (Å²) in [5.74, 6) is 0.660. The highest BCUT2D eigenvalue weighted by molar-refractivity contribution is 6.41. The van der Waals surface area contributed by atoms with Gasteiger partial charge in [-0.1, -0.05) is 164 Å². The van der Waals surface area contributed by atoms with E-state index >= 15 is 0 Å². The monoisotopic (exact) mass is 838 g/mol. The predicted octanol–water partition coefficient (Wildman–Crippen LogP) is 16.4. The van der Waals surface area contributed by atoms with Gasteiger partial charge in [0.2, 0.25) is 5.95 Å². The van der Waals surface area contributed by atoms with Crippen molar-refractivity contribution >= 4 is 114 Å². The lowest BCUT2D eigenvalue weighted by Gasteiger charge is -2.17. The lowest BCUT2D eigenvalue weighted by atomic mass is 9.87. The van der Waals surface area contributed by atoms with Crippen molar-refractivity contribution in [1.82, 2.24) is 19.1 Å². The van der Waals surface area contributed by atoms with Crippen molar-refractivity contribution in [2.45, 2.75) is 12.8 Å². The molecular weight excluding hydrogens is 801 g/mol. The van der Waals surface area contributed by atoms with Crippen LogP contribution in [-0.4, -0.2) is 19.1 Å². The smallest absolute Gasteiger partial charge is 0.235 e. The SMILES string of the molecule is C1=CC(c2ccc(-c3nc(-n4c5ccccc5c5c6cccc7c8cccc9c8c(cc8c9c9ccccc9n8-c8ccc9ccccc9c8)c(cc54)c76)nc4ccccc34)cc2)=CCC1. The normalized spacial score (nSPS) is 13.4. The summed E-state index contributed by atoms with van der Waals surface area (Å²) in [5.41, 5.74) is 11.1. The number of fused-ring (bicyclic) bond motifs is 12. The van der Waals surface area contributed by atoms with E-state index in [-0.39, 0.29) is 0 Å². The molecule has 0 unspecified atom stereocenters. The summed E-state index contributed by atoms with van der Waals surface area (Å²) in [6, 6.07) is 69.3. The van der Waals surface area contributed by atoms with E-state index in [1.807, 2.05) is 0 Å². The van der Waals surface area contributed by atoms with Crippen LogP contribution in [0.1, 0.15) is 18.4 Å².